The normalized spacial score (nSPS) is 13.1. The number of ether oxygens (including phenoxy) is 1. The maximum atomic E-state index is 5.57. The first-order valence-corrected chi connectivity index (χ1v) is 7.02. The van der Waals surface area contributed by atoms with Crippen LogP contribution in [-0.2, 0) is 4.74 Å². The predicted octanol–water partition coefficient (Wildman–Crippen LogP) is 3.59. The fourth-order valence-corrected chi connectivity index (χ4v) is 3.00. The van der Waals surface area contributed by atoms with E-state index in [-0.39, 0.29) is 0 Å². The molecule has 0 spiro atoms. The first-order chi connectivity index (χ1) is 8.36. The largest absolute Gasteiger partial charge is 0.380 e. The van der Waals surface area contributed by atoms with E-state index in [1.165, 1.54) is 15.6 Å². The first kappa shape index (κ1) is 12.6. The summed E-state index contributed by atoms with van der Waals surface area (Å²) in [6.07, 6.45) is 0. The average molecular weight is 249 g/mol. The third-order valence-corrected chi connectivity index (χ3v) is 3.80. The first-order valence-electron chi connectivity index (χ1n) is 6.14. The van der Waals surface area contributed by atoms with Crippen molar-refractivity contribution in [2.24, 2.45) is 0 Å². The van der Waals surface area contributed by atoms with Crippen molar-refractivity contribution >= 4 is 21.4 Å². The molecule has 0 aliphatic carbocycles. The number of hydrogen-bond acceptors (Lipinski definition) is 3. The zero-order valence-electron chi connectivity index (χ0n) is 10.4. The topological polar surface area (TPSA) is 21.3 Å². The van der Waals surface area contributed by atoms with E-state index >= 15 is 0 Å². The molecule has 0 saturated heterocycles. The molecule has 17 heavy (non-hydrogen) atoms. The Kier molecular flexibility index (Phi) is 4.54. The molecule has 0 amide bonds. The highest BCUT2D eigenvalue weighted by molar-refractivity contribution is 7.17. The van der Waals surface area contributed by atoms with Crippen molar-refractivity contribution < 1.29 is 4.74 Å². The summed E-state index contributed by atoms with van der Waals surface area (Å²) in [5.41, 5.74) is 1.35. The van der Waals surface area contributed by atoms with Gasteiger partial charge in [-0.05, 0) is 35.9 Å². The molecule has 1 heterocycles. The summed E-state index contributed by atoms with van der Waals surface area (Å²) in [4.78, 5) is 0. The molecule has 1 unspecified atom stereocenters. The lowest BCUT2D eigenvalue weighted by atomic mass is 10.1. The summed E-state index contributed by atoms with van der Waals surface area (Å²) in [6.45, 7) is 6.63. The standard InChI is InChI=1S/C14H19NOS/c1-3-15-13(10-16-4-2)12-7-5-6-11-8-9-17-14(11)12/h5-9,13,15H,3-4,10H2,1-2H3. The van der Waals surface area contributed by atoms with E-state index in [1.54, 1.807) is 11.3 Å². The van der Waals surface area contributed by atoms with E-state index in [9.17, 15) is 0 Å². The molecule has 1 atom stereocenters. The van der Waals surface area contributed by atoms with Gasteiger partial charge in [0, 0.05) is 11.3 Å². The summed E-state index contributed by atoms with van der Waals surface area (Å²) in [5, 5.41) is 6.97. The van der Waals surface area contributed by atoms with Crippen LogP contribution in [0.4, 0.5) is 0 Å². The summed E-state index contributed by atoms with van der Waals surface area (Å²) in [6, 6.07) is 8.96. The molecule has 1 aromatic heterocycles. The van der Waals surface area contributed by atoms with Crippen molar-refractivity contribution in [1.82, 2.24) is 5.32 Å². The minimum atomic E-state index is 0.294. The SMILES string of the molecule is CCNC(COCC)c1cccc2ccsc12. The highest BCUT2D eigenvalue weighted by Gasteiger charge is 2.13. The number of rotatable bonds is 6. The molecule has 92 valence electrons. The van der Waals surface area contributed by atoms with Gasteiger partial charge < -0.3 is 10.1 Å². The Morgan fingerprint density at radius 2 is 2.18 bits per heavy atom. The van der Waals surface area contributed by atoms with Gasteiger partial charge in [0.1, 0.15) is 0 Å². The Morgan fingerprint density at radius 3 is 2.94 bits per heavy atom. The molecule has 2 rings (SSSR count). The number of thiophene rings is 1. The molecule has 0 fully saturated rings. The van der Waals surface area contributed by atoms with E-state index in [4.69, 9.17) is 4.74 Å². The van der Waals surface area contributed by atoms with Crippen molar-refractivity contribution in [1.29, 1.82) is 0 Å². The molecule has 0 bridgehead atoms. The number of nitrogens with one attached hydrogen (secondary N) is 1. The maximum Gasteiger partial charge on any atom is 0.0661 e. The van der Waals surface area contributed by atoms with Crippen molar-refractivity contribution in [3.8, 4) is 0 Å². The van der Waals surface area contributed by atoms with E-state index in [0.29, 0.717) is 6.04 Å². The van der Waals surface area contributed by atoms with Crippen LogP contribution in [0.2, 0.25) is 0 Å². The Labute approximate surface area is 107 Å². The second kappa shape index (κ2) is 6.15. The van der Waals surface area contributed by atoms with Gasteiger partial charge in [-0.25, -0.2) is 0 Å². The number of likely N-dealkylation sites (N-methyl/N-ethyl adjacent to an activating group) is 1. The molecule has 0 aliphatic heterocycles. The monoisotopic (exact) mass is 249 g/mol. The number of benzene rings is 1. The summed E-state index contributed by atoms with van der Waals surface area (Å²) in [7, 11) is 0. The fourth-order valence-electron chi connectivity index (χ4n) is 2.03. The third-order valence-electron chi connectivity index (χ3n) is 2.82. The lowest BCUT2D eigenvalue weighted by Gasteiger charge is -2.18. The van der Waals surface area contributed by atoms with Gasteiger partial charge in [0.05, 0.1) is 12.6 Å². The van der Waals surface area contributed by atoms with Crippen molar-refractivity contribution in [3.05, 3.63) is 35.2 Å². The molecule has 2 nitrogen and oxygen atoms in total. The number of hydrogen-bond donors (Lipinski definition) is 1. The molecule has 0 saturated carbocycles. The lowest BCUT2D eigenvalue weighted by molar-refractivity contribution is 0.124. The summed E-state index contributed by atoms with van der Waals surface area (Å²) < 4.78 is 6.94. The third kappa shape index (κ3) is 2.86. The molecular weight excluding hydrogens is 230 g/mol. The van der Waals surface area contributed by atoms with Crippen LogP contribution in [0, 0.1) is 0 Å². The van der Waals surface area contributed by atoms with Gasteiger partial charge in [-0.15, -0.1) is 11.3 Å². The summed E-state index contributed by atoms with van der Waals surface area (Å²) >= 11 is 1.81. The fraction of sp³-hybridized carbons (Fsp3) is 0.429. The molecule has 3 heteroatoms. The highest BCUT2D eigenvalue weighted by atomic mass is 32.1. The predicted molar refractivity (Wildman–Crippen MR) is 74.7 cm³/mol. The summed E-state index contributed by atoms with van der Waals surface area (Å²) in [5.74, 6) is 0. The van der Waals surface area contributed by atoms with Crippen molar-refractivity contribution in [3.63, 3.8) is 0 Å². The molecule has 1 aromatic carbocycles. The maximum absolute atomic E-state index is 5.57. The average Bonchev–Trinajstić information content (AvgIpc) is 2.82. The zero-order chi connectivity index (χ0) is 12.1. The molecule has 2 aromatic rings. The van der Waals surface area contributed by atoms with E-state index in [0.717, 1.165) is 19.8 Å². The van der Waals surface area contributed by atoms with E-state index < -0.39 is 0 Å². The second-order valence-electron chi connectivity index (χ2n) is 3.96. The van der Waals surface area contributed by atoms with Crippen LogP contribution in [0.25, 0.3) is 10.1 Å². The number of fused-ring (bicyclic) bond motifs is 1. The molecule has 0 aliphatic rings. The minimum absolute atomic E-state index is 0.294. The van der Waals surface area contributed by atoms with Crippen LogP contribution in [0.1, 0.15) is 25.5 Å². The van der Waals surface area contributed by atoms with Gasteiger partial charge in [-0.3, -0.25) is 0 Å². The van der Waals surface area contributed by atoms with Crippen LogP contribution < -0.4 is 5.32 Å². The zero-order valence-corrected chi connectivity index (χ0v) is 11.2. The Hall–Kier alpha value is -0.900. The Bertz CT molecular complexity index is 466. The molecule has 0 radical (unpaired) electrons. The smallest absolute Gasteiger partial charge is 0.0661 e. The van der Waals surface area contributed by atoms with Gasteiger partial charge in [0.15, 0.2) is 0 Å². The molecule has 1 N–H and O–H groups in total. The van der Waals surface area contributed by atoms with Gasteiger partial charge in [0.25, 0.3) is 0 Å². The van der Waals surface area contributed by atoms with Crippen LogP contribution in [0.15, 0.2) is 29.6 Å². The van der Waals surface area contributed by atoms with Gasteiger partial charge >= 0.3 is 0 Å². The van der Waals surface area contributed by atoms with Crippen molar-refractivity contribution in [2.75, 3.05) is 19.8 Å². The van der Waals surface area contributed by atoms with E-state index in [2.05, 4.69) is 41.9 Å². The highest BCUT2D eigenvalue weighted by Crippen LogP contribution is 2.29. The van der Waals surface area contributed by atoms with Crippen LogP contribution in [0.5, 0.6) is 0 Å². The van der Waals surface area contributed by atoms with Gasteiger partial charge in [-0.2, -0.15) is 0 Å². The van der Waals surface area contributed by atoms with E-state index in [1.807, 2.05) is 6.92 Å². The van der Waals surface area contributed by atoms with Gasteiger partial charge in [0.2, 0.25) is 0 Å². The quantitative estimate of drug-likeness (QED) is 0.844. The minimum Gasteiger partial charge on any atom is -0.380 e. The van der Waals surface area contributed by atoms with Gasteiger partial charge in [-0.1, -0.05) is 25.1 Å². The lowest BCUT2D eigenvalue weighted by Crippen LogP contribution is -2.25. The Balaban J connectivity index is 2.30. The second-order valence-corrected chi connectivity index (χ2v) is 4.87. The van der Waals surface area contributed by atoms with Crippen LogP contribution >= 0.6 is 11.3 Å². The van der Waals surface area contributed by atoms with Crippen LogP contribution in [0.3, 0.4) is 0 Å². The Morgan fingerprint density at radius 1 is 1.29 bits per heavy atom. The molecular formula is C14H19NOS. The van der Waals surface area contributed by atoms with Crippen LogP contribution in [-0.4, -0.2) is 19.8 Å². The van der Waals surface area contributed by atoms with Crippen molar-refractivity contribution in [2.45, 2.75) is 19.9 Å².